The maximum Gasteiger partial charge on any atom is 0.200 e. The van der Waals surface area contributed by atoms with Crippen LogP contribution in [0.1, 0.15) is 56.6 Å². The third kappa shape index (κ3) is 4.62. The Labute approximate surface area is 164 Å². The summed E-state index contributed by atoms with van der Waals surface area (Å²) in [6.45, 7) is 4.42. The lowest BCUT2D eigenvalue weighted by molar-refractivity contribution is 0.192. The van der Waals surface area contributed by atoms with Crippen molar-refractivity contribution in [3.8, 4) is 11.5 Å². The van der Waals surface area contributed by atoms with E-state index >= 15 is 0 Å². The molecule has 0 aromatic heterocycles. The summed E-state index contributed by atoms with van der Waals surface area (Å²) in [6.07, 6.45) is 4.12. The van der Waals surface area contributed by atoms with Gasteiger partial charge in [-0.15, -0.1) is 0 Å². The van der Waals surface area contributed by atoms with E-state index in [1.165, 1.54) is 6.07 Å². The number of hydrogen-bond acceptors (Lipinski definition) is 2. The van der Waals surface area contributed by atoms with Gasteiger partial charge in [0.15, 0.2) is 23.1 Å². The summed E-state index contributed by atoms with van der Waals surface area (Å²) in [7, 11) is 0. The molecular weight excluding hydrogens is 365 g/mol. The topological polar surface area (TPSA) is 18.5 Å². The lowest BCUT2D eigenvalue weighted by Gasteiger charge is -2.29. The fourth-order valence-electron chi connectivity index (χ4n) is 3.87. The van der Waals surface area contributed by atoms with Gasteiger partial charge in [-0.3, -0.25) is 0 Å². The third-order valence-electron chi connectivity index (χ3n) is 5.56. The molecular formula is C23H27F3O2. The monoisotopic (exact) mass is 392 g/mol. The van der Waals surface area contributed by atoms with Gasteiger partial charge >= 0.3 is 0 Å². The summed E-state index contributed by atoms with van der Waals surface area (Å²) in [5, 5.41) is 0. The van der Waals surface area contributed by atoms with Crippen molar-refractivity contribution in [2.45, 2.75) is 51.9 Å². The number of aryl methyl sites for hydroxylation is 1. The van der Waals surface area contributed by atoms with Crippen LogP contribution in [0.5, 0.6) is 11.5 Å². The highest BCUT2D eigenvalue weighted by molar-refractivity contribution is 5.32. The molecule has 1 aliphatic carbocycles. The Kier molecular flexibility index (Phi) is 6.87. The van der Waals surface area contributed by atoms with E-state index in [2.05, 4.69) is 0 Å². The normalized spacial score (nSPS) is 19.5. The highest BCUT2D eigenvalue weighted by Gasteiger charge is 2.24. The van der Waals surface area contributed by atoms with Crippen LogP contribution >= 0.6 is 0 Å². The lowest BCUT2D eigenvalue weighted by Crippen LogP contribution is -2.20. The molecule has 28 heavy (non-hydrogen) atoms. The zero-order chi connectivity index (χ0) is 20.1. The minimum Gasteiger partial charge on any atom is -0.491 e. The smallest absolute Gasteiger partial charge is 0.200 e. The van der Waals surface area contributed by atoms with Crippen LogP contribution in [0.15, 0.2) is 30.3 Å². The van der Waals surface area contributed by atoms with Crippen molar-refractivity contribution in [2.75, 3.05) is 13.2 Å². The molecule has 0 heterocycles. The molecule has 1 fully saturated rings. The van der Waals surface area contributed by atoms with E-state index in [0.29, 0.717) is 31.1 Å². The standard InChI is InChI=1S/C23H27F3O2/c1-3-16-9-12-21(23(26)22(16)25)28-14-15-5-7-17(8-6-15)18-10-11-20(27-4-2)19(24)13-18/h9-13,15,17H,3-8,14H2,1-2H3. The van der Waals surface area contributed by atoms with Crippen molar-refractivity contribution in [1.29, 1.82) is 0 Å². The summed E-state index contributed by atoms with van der Waals surface area (Å²) in [6, 6.07) is 8.28. The van der Waals surface area contributed by atoms with Crippen molar-refractivity contribution < 1.29 is 22.6 Å². The molecule has 2 aromatic rings. The number of rotatable bonds is 7. The highest BCUT2D eigenvalue weighted by atomic mass is 19.2. The van der Waals surface area contributed by atoms with E-state index in [0.717, 1.165) is 31.2 Å². The number of benzene rings is 2. The predicted octanol–water partition coefficient (Wildman–Crippen LogP) is 6.42. The van der Waals surface area contributed by atoms with Gasteiger partial charge in [0, 0.05) is 0 Å². The van der Waals surface area contributed by atoms with Gasteiger partial charge in [-0.05, 0) is 80.2 Å². The maximum absolute atomic E-state index is 14.1. The fraction of sp³-hybridized carbons (Fsp3) is 0.478. The average molecular weight is 392 g/mol. The average Bonchev–Trinajstić information content (AvgIpc) is 2.71. The van der Waals surface area contributed by atoms with Crippen molar-refractivity contribution in [2.24, 2.45) is 5.92 Å². The van der Waals surface area contributed by atoms with Gasteiger partial charge in [-0.2, -0.15) is 4.39 Å². The van der Waals surface area contributed by atoms with Crippen LogP contribution in [-0.4, -0.2) is 13.2 Å². The molecule has 5 heteroatoms. The number of ether oxygens (including phenoxy) is 2. The third-order valence-corrected chi connectivity index (χ3v) is 5.56. The Hall–Kier alpha value is -2.17. The SMILES string of the molecule is CCOc1ccc(C2CCC(COc3ccc(CC)c(F)c3F)CC2)cc1F. The van der Waals surface area contributed by atoms with Crippen molar-refractivity contribution in [3.05, 3.63) is 58.9 Å². The first kappa shape index (κ1) is 20.6. The Morgan fingerprint density at radius 3 is 2.21 bits per heavy atom. The zero-order valence-corrected chi connectivity index (χ0v) is 16.4. The molecule has 0 spiro atoms. The molecule has 152 valence electrons. The Morgan fingerprint density at radius 1 is 0.857 bits per heavy atom. The first-order valence-electron chi connectivity index (χ1n) is 10.0. The van der Waals surface area contributed by atoms with E-state index in [9.17, 15) is 13.2 Å². The Bertz CT molecular complexity index is 799. The van der Waals surface area contributed by atoms with Crippen LogP contribution in [0.25, 0.3) is 0 Å². The molecule has 3 rings (SSSR count). The minimum atomic E-state index is -0.905. The van der Waals surface area contributed by atoms with Crippen LogP contribution in [-0.2, 0) is 6.42 Å². The summed E-state index contributed by atoms with van der Waals surface area (Å²) in [5.41, 5.74) is 1.34. The molecule has 0 unspecified atom stereocenters. The minimum absolute atomic E-state index is 0.0228. The van der Waals surface area contributed by atoms with Crippen molar-refractivity contribution in [3.63, 3.8) is 0 Å². The van der Waals surface area contributed by atoms with Crippen LogP contribution in [0, 0.1) is 23.4 Å². The predicted molar refractivity (Wildman–Crippen MR) is 103 cm³/mol. The number of halogens is 3. The summed E-state index contributed by atoms with van der Waals surface area (Å²) in [5.74, 6) is -1.18. The molecule has 2 aromatic carbocycles. The summed E-state index contributed by atoms with van der Waals surface area (Å²) >= 11 is 0. The van der Waals surface area contributed by atoms with Crippen molar-refractivity contribution in [1.82, 2.24) is 0 Å². The summed E-state index contributed by atoms with van der Waals surface area (Å²) in [4.78, 5) is 0. The van der Waals surface area contributed by atoms with Gasteiger partial charge in [-0.1, -0.05) is 19.1 Å². The Balaban J connectivity index is 1.53. The zero-order valence-electron chi connectivity index (χ0n) is 16.4. The Morgan fingerprint density at radius 2 is 1.57 bits per heavy atom. The lowest BCUT2D eigenvalue weighted by atomic mass is 9.79. The number of hydrogen-bond donors (Lipinski definition) is 0. The van der Waals surface area contributed by atoms with Gasteiger partial charge in [0.1, 0.15) is 0 Å². The van der Waals surface area contributed by atoms with Crippen LogP contribution in [0.2, 0.25) is 0 Å². The van der Waals surface area contributed by atoms with Gasteiger partial charge < -0.3 is 9.47 Å². The molecule has 0 amide bonds. The maximum atomic E-state index is 14.1. The molecule has 2 nitrogen and oxygen atoms in total. The van der Waals surface area contributed by atoms with Gasteiger partial charge in [0.2, 0.25) is 5.82 Å². The molecule has 0 saturated heterocycles. The first-order chi connectivity index (χ1) is 13.5. The van der Waals surface area contributed by atoms with Crippen LogP contribution < -0.4 is 9.47 Å². The largest absolute Gasteiger partial charge is 0.491 e. The molecule has 1 saturated carbocycles. The van der Waals surface area contributed by atoms with E-state index in [1.54, 1.807) is 25.1 Å². The molecule has 0 N–H and O–H groups in total. The van der Waals surface area contributed by atoms with Crippen LogP contribution in [0.4, 0.5) is 13.2 Å². The van der Waals surface area contributed by atoms with E-state index in [4.69, 9.17) is 9.47 Å². The molecule has 0 bridgehead atoms. The fourth-order valence-corrected chi connectivity index (χ4v) is 3.87. The van der Waals surface area contributed by atoms with E-state index in [1.807, 2.05) is 13.0 Å². The second kappa shape index (κ2) is 9.35. The highest BCUT2D eigenvalue weighted by Crippen LogP contribution is 2.37. The van der Waals surface area contributed by atoms with Gasteiger partial charge in [-0.25, -0.2) is 8.78 Å². The van der Waals surface area contributed by atoms with E-state index < -0.39 is 11.6 Å². The van der Waals surface area contributed by atoms with Crippen molar-refractivity contribution >= 4 is 0 Å². The second-order valence-electron chi connectivity index (χ2n) is 7.36. The van der Waals surface area contributed by atoms with Gasteiger partial charge in [0.25, 0.3) is 0 Å². The van der Waals surface area contributed by atoms with Crippen LogP contribution in [0.3, 0.4) is 0 Å². The molecule has 0 aliphatic heterocycles. The van der Waals surface area contributed by atoms with E-state index in [-0.39, 0.29) is 23.2 Å². The molecule has 0 atom stereocenters. The molecule has 0 radical (unpaired) electrons. The second-order valence-corrected chi connectivity index (χ2v) is 7.36. The molecule has 1 aliphatic rings. The quantitative estimate of drug-likeness (QED) is 0.541. The first-order valence-corrected chi connectivity index (χ1v) is 10.0. The summed E-state index contributed by atoms with van der Waals surface area (Å²) < 4.78 is 52.9. The van der Waals surface area contributed by atoms with Gasteiger partial charge in [0.05, 0.1) is 13.2 Å².